The van der Waals surface area contributed by atoms with E-state index in [0.717, 1.165) is 51.6 Å². The molecule has 3 heteroatoms. The number of benzene rings is 1. The van der Waals surface area contributed by atoms with Gasteiger partial charge in [-0.25, -0.2) is 0 Å². The van der Waals surface area contributed by atoms with Gasteiger partial charge in [-0.15, -0.1) is 0 Å². The highest BCUT2D eigenvalue weighted by Gasteiger charge is 2.55. The first-order valence-electron chi connectivity index (χ1n) is 8.19. The van der Waals surface area contributed by atoms with Gasteiger partial charge in [0.2, 0.25) is 5.91 Å². The quantitative estimate of drug-likeness (QED) is 0.907. The SMILES string of the molecule is O=C(N1CCC2(CCC2O)CC1)C1(c2ccccc2)CC1. The van der Waals surface area contributed by atoms with Crippen LogP contribution in [0.5, 0.6) is 0 Å². The van der Waals surface area contributed by atoms with Gasteiger partial charge in [-0.3, -0.25) is 4.79 Å². The molecule has 0 aromatic heterocycles. The topological polar surface area (TPSA) is 40.5 Å². The molecule has 1 aromatic carbocycles. The molecule has 3 aliphatic rings. The zero-order valence-electron chi connectivity index (χ0n) is 12.4. The van der Waals surface area contributed by atoms with Crippen molar-refractivity contribution in [2.24, 2.45) is 5.41 Å². The largest absolute Gasteiger partial charge is 0.393 e. The number of aliphatic hydroxyl groups is 1. The van der Waals surface area contributed by atoms with Crippen molar-refractivity contribution in [3.05, 3.63) is 35.9 Å². The van der Waals surface area contributed by atoms with Crippen LogP contribution >= 0.6 is 0 Å². The van der Waals surface area contributed by atoms with Crippen molar-refractivity contribution in [3.63, 3.8) is 0 Å². The summed E-state index contributed by atoms with van der Waals surface area (Å²) in [6.07, 6.45) is 5.89. The zero-order valence-corrected chi connectivity index (χ0v) is 12.4. The van der Waals surface area contributed by atoms with Gasteiger partial charge >= 0.3 is 0 Å². The Morgan fingerprint density at radius 1 is 1.05 bits per heavy atom. The number of rotatable bonds is 2. The molecule has 0 bridgehead atoms. The number of carbonyl (C=O) groups excluding carboxylic acids is 1. The maximum atomic E-state index is 12.9. The average Bonchev–Trinajstić information content (AvgIpc) is 3.35. The third kappa shape index (κ3) is 1.94. The predicted octanol–water partition coefficient (Wildman–Crippen LogP) is 2.48. The number of likely N-dealkylation sites (tertiary alicyclic amines) is 1. The summed E-state index contributed by atoms with van der Waals surface area (Å²) in [5.41, 5.74) is 1.09. The van der Waals surface area contributed by atoms with Crippen molar-refractivity contribution in [2.75, 3.05) is 13.1 Å². The molecule has 1 aliphatic heterocycles. The van der Waals surface area contributed by atoms with E-state index in [1.807, 2.05) is 18.2 Å². The van der Waals surface area contributed by atoms with E-state index in [4.69, 9.17) is 0 Å². The van der Waals surface area contributed by atoms with E-state index in [2.05, 4.69) is 17.0 Å². The van der Waals surface area contributed by atoms with E-state index >= 15 is 0 Å². The number of aliphatic hydroxyl groups excluding tert-OH is 1. The third-order valence-electron chi connectivity index (χ3n) is 6.15. The molecule has 1 N–H and O–H groups in total. The van der Waals surface area contributed by atoms with Gasteiger partial charge in [-0.1, -0.05) is 30.3 Å². The normalized spacial score (nSPS) is 29.0. The molecule has 1 unspecified atom stereocenters. The molecule has 1 heterocycles. The maximum absolute atomic E-state index is 12.9. The summed E-state index contributed by atoms with van der Waals surface area (Å²) in [5, 5.41) is 9.99. The lowest BCUT2D eigenvalue weighted by Crippen LogP contribution is -2.54. The Labute approximate surface area is 126 Å². The number of hydrogen-bond acceptors (Lipinski definition) is 2. The highest BCUT2D eigenvalue weighted by molar-refractivity contribution is 5.91. The van der Waals surface area contributed by atoms with E-state index in [1.54, 1.807) is 0 Å². The molecule has 0 radical (unpaired) electrons. The van der Waals surface area contributed by atoms with Crippen molar-refractivity contribution in [1.82, 2.24) is 4.90 Å². The van der Waals surface area contributed by atoms with Crippen LogP contribution in [-0.4, -0.2) is 35.1 Å². The number of amides is 1. The molecule has 2 saturated carbocycles. The molecule has 1 atom stereocenters. The summed E-state index contributed by atoms with van der Waals surface area (Å²) in [4.78, 5) is 15.0. The van der Waals surface area contributed by atoms with Gasteiger partial charge in [0.1, 0.15) is 0 Å². The van der Waals surface area contributed by atoms with Crippen LogP contribution in [0.25, 0.3) is 0 Å². The Morgan fingerprint density at radius 3 is 2.19 bits per heavy atom. The van der Waals surface area contributed by atoms with E-state index in [-0.39, 0.29) is 16.9 Å². The molecule has 1 amide bonds. The van der Waals surface area contributed by atoms with Gasteiger partial charge in [-0.2, -0.15) is 0 Å². The summed E-state index contributed by atoms with van der Waals surface area (Å²) < 4.78 is 0. The first kappa shape index (κ1) is 13.3. The van der Waals surface area contributed by atoms with Gasteiger partial charge in [-0.05, 0) is 49.5 Å². The lowest BCUT2D eigenvalue weighted by atomic mass is 9.61. The molecule has 4 rings (SSSR count). The average molecular weight is 285 g/mol. The fraction of sp³-hybridized carbons (Fsp3) is 0.611. The third-order valence-corrected chi connectivity index (χ3v) is 6.15. The van der Waals surface area contributed by atoms with Crippen molar-refractivity contribution >= 4 is 5.91 Å². The molecule has 21 heavy (non-hydrogen) atoms. The van der Waals surface area contributed by atoms with Crippen molar-refractivity contribution < 1.29 is 9.90 Å². The minimum Gasteiger partial charge on any atom is -0.393 e. The second kappa shape index (κ2) is 4.57. The molecule has 1 aromatic rings. The summed E-state index contributed by atoms with van der Waals surface area (Å²) in [5.74, 6) is 0.317. The Morgan fingerprint density at radius 2 is 1.71 bits per heavy atom. The summed E-state index contributed by atoms with van der Waals surface area (Å²) >= 11 is 0. The minimum atomic E-state index is -0.232. The van der Waals surface area contributed by atoms with E-state index in [9.17, 15) is 9.90 Å². The first-order chi connectivity index (χ1) is 10.2. The number of carbonyl (C=O) groups is 1. The Balaban J connectivity index is 1.47. The molecule has 1 saturated heterocycles. The Hall–Kier alpha value is -1.35. The molecule has 3 nitrogen and oxygen atoms in total. The zero-order chi connectivity index (χ0) is 14.5. The number of nitrogens with zero attached hydrogens (tertiary/aromatic N) is 1. The van der Waals surface area contributed by atoms with Gasteiger partial charge in [0, 0.05) is 13.1 Å². The standard InChI is InChI=1S/C18H23NO2/c20-15-6-7-17(15)10-12-19(13-11-17)16(21)18(8-9-18)14-4-2-1-3-5-14/h1-5,15,20H,6-13H2. The van der Waals surface area contributed by atoms with Crippen LogP contribution in [-0.2, 0) is 10.2 Å². The monoisotopic (exact) mass is 285 g/mol. The first-order valence-corrected chi connectivity index (χ1v) is 8.19. The van der Waals surface area contributed by atoms with Crippen LogP contribution in [0.2, 0.25) is 0 Å². The van der Waals surface area contributed by atoms with Gasteiger partial charge in [0.25, 0.3) is 0 Å². The fourth-order valence-electron chi connectivity index (χ4n) is 4.23. The van der Waals surface area contributed by atoms with Crippen LogP contribution in [0.3, 0.4) is 0 Å². The fourth-order valence-corrected chi connectivity index (χ4v) is 4.23. The summed E-state index contributed by atoms with van der Waals surface area (Å²) in [6, 6.07) is 10.2. The molecule has 112 valence electrons. The van der Waals surface area contributed by atoms with E-state index in [1.165, 1.54) is 5.56 Å². The summed E-state index contributed by atoms with van der Waals surface area (Å²) in [7, 11) is 0. The van der Waals surface area contributed by atoms with Gasteiger partial charge < -0.3 is 10.0 Å². The van der Waals surface area contributed by atoms with Crippen molar-refractivity contribution in [1.29, 1.82) is 0 Å². The van der Waals surface area contributed by atoms with Crippen LogP contribution in [0, 0.1) is 5.41 Å². The van der Waals surface area contributed by atoms with Crippen molar-refractivity contribution in [2.45, 2.75) is 50.0 Å². The van der Waals surface area contributed by atoms with Crippen LogP contribution in [0.15, 0.2) is 30.3 Å². The van der Waals surface area contributed by atoms with Crippen LogP contribution < -0.4 is 0 Å². The second-order valence-electron chi connectivity index (χ2n) is 7.16. The Kier molecular flexibility index (Phi) is 2.90. The van der Waals surface area contributed by atoms with Gasteiger partial charge in [0.05, 0.1) is 11.5 Å². The lowest BCUT2D eigenvalue weighted by Gasteiger charge is -2.52. The predicted molar refractivity (Wildman–Crippen MR) is 80.8 cm³/mol. The molecule has 1 spiro atoms. The van der Waals surface area contributed by atoms with Crippen molar-refractivity contribution in [3.8, 4) is 0 Å². The number of hydrogen-bond donors (Lipinski definition) is 1. The number of piperidine rings is 1. The van der Waals surface area contributed by atoms with Crippen LogP contribution in [0.1, 0.15) is 44.1 Å². The minimum absolute atomic E-state index is 0.126. The molecular weight excluding hydrogens is 262 g/mol. The van der Waals surface area contributed by atoms with E-state index < -0.39 is 0 Å². The van der Waals surface area contributed by atoms with E-state index in [0.29, 0.717) is 5.91 Å². The molecule has 3 fully saturated rings. The lowest BCUT2D eigenvalue weighted by molar-refractivity contribution is -0.143. The highest BCUT2D eigenvalue weighted by Crippen LogP contribution is 2.52. The molecule has 2 aliphatic carbocycles. The Bertz CT molecular complexity index is 542. The maximum Gasteiger partial charge on any atom is 0.233 e. The second-order valence-corrected chi connectivity index (χ2v) is 7.16. The van der Waals surface area contributed by atoms with Crippen LogP contribution in [0.4, 0.5) is 0 Å². The van der Waals surface area contributed by atoms with Gasteiger partial charge in [0.15, 0.2) is 0 Å². The summed E-state index contributed by atoms with van der Waals surface area (Å²) in [6.45, 7) is 1.65. The smallest absolute Gasteiger partial charge is 0.233 e. The molecular formula is C18H23NO2. The highest BCUT2D eigenvalue weighted by atomic mass is 16.3.